The van der Waals surface area contributed by atoms with Crippen molar-refractivity contribution in [3.8, 4) is 22.2 Å². The maximum atomic E-state index is 9.33. The van der Waals surface area contributed by atoms with Crippen LogP contribution in [-0.4, -0.2) is 47.6 Å². The number of nitrogens with one attached hydrogen (secondary N) is 1. The molecule has 0 atom stereocenters. The van der Waals surface area contributed by atoms with Crippen molar-refractivity contribution in [2.45, 2.75) is 39.7 Å². The molecule has 4 heterocycles. The summed E-state index contributed by atoms with van der Waals surface area (Å²) in [6.45, 7) is 7.51. The van der Waals surface area contributed by atoms with Crippen molar-refractivity contribution in [2.24, 2.45) is 18.9 Å². The molecule has 8 nitrogen and oxygen atoms in total. The van der Waals surface area contributed by atoms with Crippen LogP contribution in [0.3, 0.4) is 0 Å². The first-order valence-electron chi connectivity index (χ1n) is 11.1. The number of hydrogen-bond acceptors (Lipinski definition) is 7. The van der Waals surface area contributed by atoms with Crippen molar-refractivity contribution >= 4 is 27.4 Å². The molecule has 1 aliphatic rings. The van der Waals surface area contributed by atoms with Gasteiger partial charge in [-0.05, 0) is 57.1 Å². The molecule has 4 aromatic heterocycles. The van der Waals surface area contributed by atoms with Crippen LogP contribution in [0.2, 0.25) is 0 Å². The second-order valence-corrected chi connectivity index (χ2v) is 10.0. The number of aliphatic hydroxyl groups excluding tert-OH is 1. The number of thiophene rings is 1. The van der Waals surface area contributed by atoms with Crippen LogP contribution in [0.25, 0.3) is 32.4 Å². The second kappa shape index (κ2) is 8.29. The third kappa shape index (κ3) is 3.69. The van der Waals surface area contributed by atoms with Crippen LogP contribution < -0.4 is 5.32 Å². The number of aliphatic hydroxyl groups is 1. The fourth-order valence-electron chi connectivity index (χ4n) is 4.37. The number of fused-ring (bicyclic) bond motifs is 1. The topological polar surface area (TPSA) is 93.7 Å². The zero-order chi connectivity index (χ0) is 22.4. The molecule has 1 fully saturated rings. The minimum atomic E-state index is 0.285. The Balaban J connectivity index is 1.56. The third-order valence-electron chi connectivity index (χ3n) is 6.33. The van der Waals surface area contributed by atoms with Crippen LogP contribution >= 0.6 is 11.3 Å². The lowest BCUT2D eigenvalue weighted by molar-refractivity contribution is 0.114. The Kier molecular flexibility index (Phi) is 5.46. The molecule has 5 rings (SSSR count). The zero-order valence-electron chi connectivity index (χ0n) is 18.9. The van der Waals surface area contributed by atoms with Crippen LogP contribution in [-0.2, 0) is 7.05 Å². The molecule has 0 bridgehead atoms. The highest BCUT2D eigenvalue weighted by Gasteiger charge is 2.29. The number of nitrogens with zero attached hydrogens (tertiary/aromatic N) is 6. The standard InChI is InChI=1S/C23H29N7OS/c1-13(2)30-7-5-17(28-30)19-14(3)18-20(25-11-15-9-16(10-15)12-31)26-21(27-23(18)32-19)22-24-6-8-29(22)4/h5-8,13,15-16,31H,9-12H2,1-4H3,(H,25,26,27). The Labute approximate surface area is 191 Å². The Morgan fingerprint density at radius 3 is 2.69 bits per heavy atom. The Hall–Kier alpha value is -2.78. The van der Waals surface area contributed by atoms with Crippen LogP contribution in [0.5, 0.6) is 0 Å². The Morgan fingerprint density at radius 1 is 1.22 bits per heavy atom. The lowest BCUT2D eigenvalue weighted by atomic mass is 9.75. The number of hydrogen-bond donors (Lipinski definition) is 2. The summed E-state index contributed by atoms with van der Waals surface area (Å²) in [5, 5.41) is 18.8. The fraction of sp³-hybridized carbons (Fsp3) is 0.478. The van der Waals surface area contributed by atoms with Crippen LogP contribution in [0, 0.1) is 18.8 Å². The van der Waals surface area contributed by atoms with E-state index in [0.717, 1.165) is 57.4 Å². The first-order valence-corrected chi connectivity index (χ1v) is 11.9. The molecule has 0 aromatic carbocycles. The SMILES string of the molecule is Cc1c(-c2ccn(C(C)C)n2)sc2nc(-c3nccn3C)nc(NCC3CC(CO)C3)c12. The molecule has 168 valence electrons. The average molecular weight is 452 g/mol. The molecule has 0 amide bonds. The normalized spacial score (nSPS) is 18.4. The van der Waals surface area contributed by atoms with Gasteiger partial charge in [0.05, 0.1) is 10.3 Å². The lowest BCUT2D eigenvalue weighted by Crippen LogP contribution is -2.31. The van der Waals surface area contributed by atoms with Gasteiger partial charge < -0.3 is 15.0 Å². The third-order valence-corrected chi connectivity index (χ3v) is 7.54. The van der Waals surface area contributed by atoms with Crippen molar-refractivity contribution in [1.29, 1.82) is 0 Å². The summed E-state index contributed by atoms with van der Waals surface area (Å²) in [5.74, 6) is 3.23. The van der Waals surface area contributed by atoms with Gasteiger partial charge >= 0.3 is 0 Å². The number of aryl methyl sites for hydroxylation is 2. The molecule has 32 heavy (non-hydrogen) atoms. The van der Waals surface area contributed by atoms with Crippen molar-refractivity contribution in [3.63, 3.8) is 0 Å². The fourth-order valence-corrected chi connectivity index (χ4v) is 5.52. The molecule has 1 aliphatic carbocycles. The lowest BCUT2D eigenvalue weighted by Gasteiger charge is -2.34. The zero-order valence-corrected chi connectivity index (χ0v) is 19.7. The highest BCUT2D eigenvalue weighted by molar-refractivity contribution is 7.22. The maximum Gasteiger partial charge on any atom is 0.199 e. The number of aromatic nitrogens is 6. The quantitative estimate of drug-likeness (QED) is 0.436. The van der Waals surface area contributed by atoms with Gasteiger partial charge in [-0.1, -0.05) is 0 Å². The van der Waals surface area contributed by atoms with Gasteiger partial charge in [0, 0.05) is 44.8 Å². The summed E-state index contributed by atoms with van der Waals surface area (Å²) in [6.07, 6.45) is 7.82. The first kappa shape index (κ1) is 21.1. The summed E-state index contributed by atoms with van der Waals surface area (Å²) in [7, 11) is 1.95. The molecular formula is C23H29N7OS. The van der Waals surface area contributed by atoms with E-state index in [1.807, 2.05) is 28.7 Å². The summed E-state index contributed by atoms with van der Waals surface area (Å²) in [5.41, 5.74) is 2.11. The molecule has 0 spiro atoms. The maximum absolute atomic E-state index is 9.33. The molecular weight excluding hydrogens is 422 g/mol. The van der Waals surface area contributed by atoms with Gasteiger partial charge in [-0.2, -0.15) is 5.10 Å². The van der Waals surface area contributed by atoms with E-state index >= 15 is 0 Å². The molecule has 0 aliphatic heterocycles. The van der Waals surface area contributed by atoms with Gasteiger partial charge in [0.2, 0.25) is 0 Å². The smallest absolute Gasteiger partial charge is 0.199 e. The van der Waals surface area contributed by atoms with Gasteiger partial charge in [-0.25, -0.2) is 15.0 Å². The Morgan fingerprint density at radius 2 is 2.03 bits per heavy atom. The summed E-state index contributed by atoms with van der Waals surface area (Å²) >= 11 is 1.65. The molecule has 0 radical (unpaired) electrons. The predicted molar refractivity (Wildman–Crippen MR) is 128 cm³/mol. The van der Waals surface area contributed by atoms with Gasteiger partial charge in [0.15, 0.2) is 11.6 Å². The number of imidazole rings is 1. The van der Waals surface area contributed by atoms with E-state index in [9.17, 15) is 5.11 Å². The predicted octanol–water partition coefficient (Wildman–Crippen LogP) is 4.28. The summed E-state index contributed by atoms with van der Waals surface area (Å²) < 4.78 is 3.92. The van der Waals surface area contributed by atoms with Crippen LogP contribution in [0.4, 0.5) is 5.82 Å². The van der Waals surface area contributed by atoms with Crippen LogP contribution in [0.15, 0.2) is 24.7 Å². The van der Waals surface area contributed by atoms with E-state index in [1.54, 1.807) is 17.5 Å². The summed E-state index contributed by atoms with van der Waals surface area (Å²) in [4.78, 5) is 16.3. The van der Waals surface area contributed by atoms with E-state index in [4.69, 9.17) is 15.1 Å². The minimum Gasteiger partial charge on any atom is -0.396 e. The first-order chi connectivity index (χ1) is 15.4. The largest absolute Gasteiger partial charge is 0.396 e. The molecule has 0 unspecified atom stereocenters. The molecule has 2 N–H and O–H groups in total. The molecule has 9 heteroatoms. The van der Waals surface area contributed by atoms with Crippen molar-refractivity contribution < 1.29 is 5.11 Å². The van der Waals surface area contributed by atoms with E-state index in [2.05, 4.69) is 37.1 Å². The van der Waals surface area contributed by atoms with E-state index in [-0.39, 0.29) is 6.61 Å². The van der Waals surface area contributed by atoms with Crippen LogP contribution in [0.1, 0.15) is 38.3 Å². The second-order valence-electron chi connectivity index (χ2n) is 9.04. The van der Waals surface area contributed by atoms with Gasteiger partial charge in [-0.15, -0.1) is 11.3 Å². The van der Waals surface area contributed by atoms with Gasteiger partial charge in [0.1, 0.15) is 16.3 Å². The van der Waals surface area contributed by atoms with Crippen molar-refractivity contribution in [1.82, 2.24) is 29.3 Å². The molecule has 1 saturated carbocycles. The van der Waals surface area contributed by atoms with Gasteiger partial charge in [-0.3, -0.25) is 4.68 Å². The monoisotopic (exact) mass is 451 g/mol. The molecule has 0 saturated heterocycles. The summed E-state index contributed by atoms with van der Waals surface area (Å²) in [6, 6.07) is 2.39. The minimum absolute atomic E-state index is 0.285. The number of rotatable bonds is 7. The van der Waals surface area contributed by atoms with Gasteiger partial charge in [0.25, 0.3) is 0 Å². The molecule has 4 aromatic rings. The van der Waals surface area contributed by atoms with Crippen molar-refractivity contribution in [2.75, 3.05) is 18.5 Å². The van der Waals surface area contributed by atoms with E-state index in [1.165, 1.54) is 0 Å². The van der Waals surface area contributed by atoms with E-state index in [0.29, 0.717) is 23.7 Å². The number of anilines is 1. The highest BCUT2D eigenvalue weighted by atomic mass is 32.1. The highest BCUT2D eigenvalue weighted by Crippen LogP contribution is 2.41. The average Bonchev–Trinajstić information content (AvgIpc) is 3.45. The van der Waals surface area contributed by atoms with Crippen molar-refractivity contribution in [3.05, 3.63) is 30.2 Å². The Bertz CT molecular complexity index is 1250. The van der Waals surface area contributed by atoms with E-state index < -0.39 is 0 Å².